The third-order valence-corrected chi connectivity index (χ3v) is 4.00. The van der Waals surface area contributed by atoms with Gasteiger partial charge in [-0.1, -0.05) is 0 Å². The second kappa shape index (κ2) is 4.65. The lowest BCUT2D eigenvalue weighted by Gasteiger charge is -2.16. The molecule has 0 radical (unpaired) electrons. The highest BCUT2D eigenvalue weighted by Crippen LogP contribution is 2.24. The van der Waals surface area contributed by atoms with Gasteiger partial charge in [0.05, 0.1) is 0 Å². The van der Waals surface area contributed by atoms with Gasteiger partial charge in [0.25, 0.3) is 0 Å². The first kappa shape index (κ1) is 11.0. The van der Waals surface area contributed by atoms with Crippen molar-refractivity contribution in [2.75, 3.05) is 13.2 Å². The van der Waals surface area contributed by atoms with Crippen LogP contribution in [0.4, 0.5) is 0 Å². The predicted octanol–water partition coefficient (Wildman–Crippen LogP) is 2.43. The van der Waals surface area contributed by atoms with Gasteiger partial charge in [-0.2, -0.15) is 0 Å². The molecule has 0 N–H and O–H groups in total. The predicted molar refractivity (Wildman–Crippen MR) is 65.2 cm³/mol. The molecule has 1 saturated heterocycles. The van der Waals surface area contributed by atoms with E-state index < -0.39 is 0 Å². The summed E-state index contributed by atoms with van der Waals surface area (Å²) in [6.07, 6.45) is 7.27. The summed E-state index contributed by atoms with van der Waals surface area (Å²) < 4.78 is 7.68. The number of aromatic nitrogens is 1. The number of ketones is 1. The minimum absolute atomic E-state index is 0.328. The maximum atomic E-state index is 11.7. The lowest BCUT2D eigenvalue weighted by atomic mass is 9.96. The molecule has 0 spiro atoms. The monoisotopic (exact) mass is 233 g/mol. The number of aryl methyl sites for hydroxylation is 1. The van der Waals surface area contributed by atoms with Crippen LogP contribution >= 0.6 is 0 Å². The molecule has 2 aliphatic rings. The molecule has 17 heavy (non-hydrogen) atoms. The van der Waals surface area contributed by atoms with Crippen molar-refractivity contribution >= 4 is 5.78 Å². The normalized spacial score (nSPS) is 24.0. The minimum atomic E-state index is 0.328. The SMILES string of the molecule is O=C1CCCc2c1ccn2CCC1CCOC1. The van der Waals surface area contributed by atoms with Crippen LogP contribution in [-0.4, -0.2) is 23.6 Å². The highest BCUT2D eigenvalue weighted by atomic mass is 16.5. The van der Waals surface area contributed by atoms with E-state index in [1.54, 1.807) is 0 Å². The zero-order valence-corrected chi connectivity index (χ0v) is 10.2. The molecular weight excluding hydrogens is 214 g/mol. The summed E-state index contributed by atoms with van der Waals surface area (Å²) in [5, 5.41) is 0. The van der Waals surface area contributed by atoms with Gasteiger partial charge in [-0.15, -0.1) is 0 Å². The van der Waals surface area contributed by atoms with Crippen molar-refractivity contribution in [2.45, 2.75) is 38.6 Å². The Morgan fingerprint density at radius 1 is 1.41 bits per heavy atom. The maximum absolute atomic E-state index is 11.7. The molecule has 0 saturated carbocycles. The maximum Gasteiger partial charge on any atom is 0.164 e. The number of carbonyl (C=O) groups excluding carboxylic acids is 1. The Bertz CT molecular complexity index is 416. The fraction of sp³-hybridized carbons (Fsp3) is 0.643. The van der Waals surface area contributed by atoms with Crippen LogP contribution in [0, 0.1) is 5.92 Å². The standard InChI is InChI=1S/C14H19NO2/c16-14-3-1-2-13-12(14)5-8-15(13)7-4-11-6-9-17-10-11/h5,8,11H,1-4,6-7,9-10H2. The van der Waals surface area contributed by atoms with Crippen LogP contribution in [0.1, 0.15) is 41.7 Å². The average molecular weight is 233 g/mol. The zero-order valence-electron chi connectivity index (χ0n) is 10.2. The van der Waals surface area contributed by atoms with E-state index in [-0.39, 0.29) is 0 Å². The average Bonchev–Trinajstić information content (AvgIpc) is 2.95. The van der Waals surface area contributed by atoms with Gasteiger partial charge in [0.1, 0.15) is 0 Å². The van der Waals surface area contributed by atoms with E-state index in [0.29, 0.717) is 11.7 Å². The Morgan fingerprint density at radius 3 is 3.18 bits per heavy atom. The van der Waals surface area contributed by atoms with Crippen molar-refractivity contribution in [2.24, 2.45) is 5.92 Å². The van der Waals surface area contributed by atoms with Crippen molar-refractivity contribution in [3.05, 3.63) is 23.5 Å². The second-order valence-corrected chi connectivity index (χ2v) is 5.16. The van der Waals surface area contributed by atoms with Gasteiger partial charge in [-0.05, 0) is 37.7 Å². The van der Waals surface area contributed by atoms with E-state index in [1.165, 1.54) is 18.5 Å². The number of hydrogen-bond donors (Lipinski definition) is 0. The third-order valence-electron chi connectivity index (χ3n) is 4.00. The van der Waals surface area contributed by atoms with E-state index in [1.807, 2.05) is 6.07 Å². The van der Waals surface area contributed by atoms with Gasteiger partial charge >= 0.3 is 0 Å². The fourth-order valence-corrected chi connectivity index (χ4v) is 2.93. The first-order valence-electron chi connectivity index (χ1n) is 6.63. The summed E-state index contributed by atoms with van der Waals surface area (Å²) in [7, 11) is 0. The van der Waals surface area contributed by atoms with Gasteiger partial charge in [0.15, 0.2) is 5.78 Å². The summed E-state index contributed by atoms with van der Waals surface area (Å²) in [5.41, 5.74) is 2.24. The van der Waals surface area contributed by atoms with Crippen molar-refractivity contribution < 1.29 is 9.53 Å². The van der Waals surface area contributed by atoms with E-state index in [9.17, 15) is 4.79 Å². The van der Waals surface area contributed by atoms with Crippen LogP contribution in [0.2, 0.25) is 0 Å². The number of hydrogen-bond acceptors (Lipinski definition) is 2. The molecule has 1 atom stereocenters. The Kier molecular flexibility index (Phi) is 3.02. The van der Waals surface area contributed by atoms with Gasteiger partial charge in [-0.25, -0.2) is 0 Å². The largest absolute Gasteiger partial charge is 0.381 e. The Labute approximate surface area is 102 Å². The molecule has 1 aliphatic carbocycles. The number of Topliss-reactive ketones (excluding diaryl/α,β-unsaturated/α-hetero) is 1. The van der Waals surface area contributed by atoms with Gasteiger partial charge in [0, 0.05) is 43.6 Å². The van der Waals surface area contributed by atoms with E-state index in [2.05, 4.69) is 10.8 Å². The molecule has 0 aromatic carbocycles. The van der Waals surface area contributed by atoms with Crippen LogP contribution in [0.25, 0.3) is 0 Å². The van der Waals surface area contributed by atoms with Crippen LogP contribution in [0.5, 0.6) is 0 Å². The minimum Gasteiger partial charge on any atom is -0.381 e. The molecule has 3 nitrogen and oxygen atoms in total. The summed E-state index contributed by atoms with van der Waals surface area (Å²) in [5.74, 6) is 1.04. The molecule has 3 heteroatoms. The molecule has 1 fully saturated rings. The summed E-state index contributed by atoms with van der Waals surface area (Å²) in [6, 6.07) is 2.00. The van der Waals surface area contributed by atoms with Gasteiger partial charge in [0.2, 0.25) is 0 Å². The molecule has 92 valence electrons. The molecule has 3 rings (SSSR count). The first-order chi connectivity index (χ1) is 8.34. The quantitative estimate of drug-likeness (QED) is 0.803. The van der Waals surface area contributed by atoms with E-state index >= 15 is 0 Å². The molecule has 1 aromatic rings. The topological polar surface area (TPSA) is 31.2 Å². The molecular formula is C14H19NO2. The van der Waals surface area contributed by atoms with Crippen LogP contribution < -0.4 is 0 Å². The first-order valence-corrected chi connectivity index (χ1v) is 6.63. The van der Waals surface area contributed by atoms with Crippen molar-refractivity contribution in [3.8, 4) is 0 Å². The number of rotatable bonds is 3. The summed E-state index contributed by atoms with van der Waals surface area (Å²) >= 11 is 0. The lowest BCUT2D eigenvalue weighted by molar-refractivity contribution is 0.0971. The van der Waals surface area contributed by atoms with E-state index in [0.717, 1.165) is 44.6 Å². The number of carbonyl (C=O) groups is 1. The second-order valence-electron chi connectivity index (χ2n) is 5.16. The van der Waals surface area contributed by atoms with Crippen molar-refractivity contribution in [1.82, 2.24) is 4.57 Å². The molecule has 0 bridgehead atoms. The Hall–Kier alpha value is -1.09. The number of ether oxygens (including phenoxy) is 1. The molecule has 2 heterocycles. The number of fused-ring (bicyclic) bond motifs is 1. The Morgan fingerprint density at radius 2 is 2.35 bits per heavy atom. The van der Waals surface area contributed by atoms with Crippen molar-refractivity contribution in [3.63, 3.8) is 0 Å². The van der Waals surface area contributed by atoms with E-state index in [4.69, 9.17) is 4.74 Å². The highest BCUT2D eigenvalue weighted by molar-refractivity contribution is 5.98. The lowest BCUT2D eigenvalue weighted by Crippen LogP contribution is -2.14. The van der Waals surface area contributed by atoms with Gasteiger partial charge in [-0.3, -0.25) is 4.79 Å². The smallest absolute Gasteiger partial charge is 0.164 e. The fourth-order valence-electron chi connectivity index (χ4n) is 2.93. The Balaban J connectivity index is 1.68. The summed E-state index contributed by atoms with van der Waals surface area (Å²) in [4.78, 5) is 11.7. The molecule has 1 aromatic heterocycles. The third kappa shape index (κ3) is 2.16. The van der Waals surface area contributed by atoms with Crippen LogP contribution in [0.3, 0.4) is 0 Å². The highest BCUT2D eigenvalue weighted by Gasteiger charge is 2.21. The zero-order chi connectivity index (χ0) is 11.7. The van der Waals surface area contributed by atoms with Gasteiger partial charge < -0.3 is 9.30 Å². The van der Waals surface area contributed by atoms with Crippen LogP contribution in [-0.2, 0) is 17.7 Å². The number of nitrogens with zero attached hydrogens (tertiary/aromatic N) is 1. The molecule has 1 unspecified atom stereocenters. The van der Waals surface area contributed by atoms with Crippen LogP contribution in [0.15, 0.2) is 12.3 Å². The van der Waals surface area contributed by atoms with Crippen molar-refractivity contribution in [1.29, 1.82) is 0 Å². The molecule has 1 aliphatic heterocycles. The summed E-state index contributed by atoms with van der Waals surface area (Å²) in [6.45, 7) is 2.88. The molecule has 0 amide bonds.